The SMILES string of the molecule is CC(C)(C)OC(=O)N[C@@]12CCC[C@]1(F)CNC2.C[C@H]1COc2c(N3C[C@]4(N)CCC[C@]4(F)C3)c(F)cc3c(=O)c(C(=O)O)cn1c23. The number of fused-ring (bicyclic) bond motifs is 2. The van der Waals surface area contributed by atoms with E-state index in [2.05, 4.69) is 10.6 Å². The number of pyridine rings is 1. The first-order valence-electron chi connectivity index (χ1n) is 15.8. The van der Waals surface area contributed by atoms with Gasteiger partial charge in [-0.05, 0) is 72.3 Å². The van der Waals surface area contributed by atoms with Crippen molar-refractivity contribution < 1.29 is 37.3 Å². The zero-order chi connectivity index (χ0) is 33.4. The first kappa shape index (κ1) is 32.4. The van der Waals surface area contributed by atoms with Crippen LogP contribution in [0.25, 0.3) is 10.9 Å². The Morgan fingerprint density at radius 1 is 1.13 bits per heavy atom. The monoisotopic (exact) mass is 649 g/mol. The molecule has 3 aliphatic heterocycles. The van der Waals surface area contributed by atoms with Gasteiger partial charge in [0.25, 0.3) is 0 Å². The second-order valence-electron chi connectivity index (χ2n) is 14.6. The van der Waals surface area contributed by atoms with Crippen LogP contribution in [0.2, 0.25) is 0 Å². The Morgan fingerprint density at radius 2 is 1.83 bits per heavy atom. The molecule has 0 unspecified atom stereocenters. The number of carbonyl (C=O) groups is 2. The van der Waals surface area contributed by atoms with E-state index < -0.39 is 56.9 Å². The molecular weight excluding hydrogens is 607 g/mol. The zero-order valence-electron chi connectivity index (χ0n) is 26.6. The number of rotatable bonds is 3. The van der Waals surface area contributed by atoms with Gasteiger partial charge in [-0.15, -0.1) is 0 Å². The fourth-order valence-electron chi connectivity index (χ4n) is 7.96. The molecule has 2 saturated heterocycles. The summed E-state index contributed by atoms with van der Waals surface area (Å²) in [6.45, 7) is 8.30. The normalized spacial score (nSPS) is 32.8. The van der Waals surface area contributed by atoms with Crippen molar-refractivity contribution in [1.82, 2.24) is 15.2 Å². The molecule has 0 bridgehead atoms. The first-order valence-corrected chi connectivity index (χ1v) is 15.8. The third-order valence-corrected chi connectivity index (χ3v) is 10.3. The average Bonchev–Trinajstić information content (AvgIpc) is 3.58. The lowest BCUT2D eigenvalue weighted by atomic mass is 9.88. The maximum Gasteiger partial charge on any atom is 0.408 e. The van der Waals surface area contributed by atoms with Crippen molar-refractivity contribution in [3.63, 3.8) is 0 Å². The Hall–Kier alpha value is -3.52. The molecule has 14 heteroatoms. The van der Waals surface area contributed by atoms with Crippen molar-refractivity contribution >= 4 is 28.7 Å². The Bertz CT molecular complexity index is 1630. The van der Waals surface area contributed by atoms with E-state index in [1.54, 1.807) is 30.2 Å². The fourth-order valence-corrected chi connectivity index (χ4v) is 7.96. The topological polar surface area (TPSA) is 148 Å². The number of carboxylic acid groups (broad SMARTS) is 1. The molecule has 5 aliphatic rings. The number of nitrogens with two attached hydrogens (primary N) is 1. The molecule has 11 nitrogen and oxygen atoms in total. The van der Waals surface area contributed by atoms with Crippen LogP contribution in [0, 0.1) is 5.82 Å². The van der Waals surface area contributed by atoms with Crippen LogP contribution in [-0.2, 0) is 4.74 Å². The van der Waals surface area contributed by atoms with E-state index in [0.29, 0.717) is 50.7 Å². The van der Waals surface area contributed by atoms with Crippen LogP contribution in [0.4, 0.5) is 23.7 Å². The summed E-state index contributed by atoms with van der Waals surface area (Å²) in [4.78, 5) is 37.5. The Morgan fingerprint density at radius 3 is 2.50 bits per heavy atom. The van der Waals surface area contributed by atoms with Crippen molar-refractivity contribution in [2.45, 2.75) is 100 Å². The predicted molar refractivity (Wildman–Crippen MR) is 165 cm³/mol. The summed E-state index contributed by atoms with van der Waals surface area (Å²) in [7, 11) is 0. The summed E-state index contributed by atoms with van der Waals surface area (Å²) < 4.78 is 57.9. The second-order valence-corrected chi connectivity index (χ2v) is 14.6. The number of alkyl carbamates (subject to hydrolysis) is 1. The molecule has 252 valence electrons. The van der Waals surface area contributed by atoms with E-state index in [0.717, 1.165) is 12.5 Å². The molecule has 2 aromatic rings. The molecular formula is C32H42F3N5O6. The number of carbonyl (C=O) groups excluding carboxylic acids is 1. The fraction of sp³-hybridized carbons (Fsp3) is 0.656. The van der Waals surface area contributed by atoms with Crippen LogP contribution in [0.3, 0.4) is 0 Å². The zero-order valence-corrected chi connectivity index (χ0v) is 26.6. The molecule has 2 saturated carbocycles. The predicted octanol–water partition coefficient (Wildman–Crippen LogP) is 3.95. The van der Waals surface area contributed by atoms with Crippen molar-refractivity contribution in [1.29, 1.82) is 0 Å². The van der Waals surface area contributed by atoms with Crippen molar-refractivity contribution in [3.05, 3.63) is 33.9 Å². The summed E-state index contributed by atoms with van der Waals surface area (Å²) >= 11 is 0. The molecule has 7 rings (SSSR count). The van der Waals surface area contributed by atoms with Gasteiger partial charge in [-0.3, -0.25) is 4.79 Å². The first-order chi connectivity index (χ1) is 21.4. The van der Waals surface area contributed by atoms with Crippen LogP contribution < -0.4 is 31.4 Å². The van der Waals surface area contributed by atoms with Gasteiger partial charge in [-0.25, -0.2) is 22.8 Å². The minimum absolute atomic E-state index is 0.0463. The maximum atomic E-state index is 15.4. The van der Waals surface area contributed by atoms with Crippen molar-refractivity contribution in [2.24, 2.45) is 5.73 Å². The summed E-state index contributed by atoms with van der Waals surface area (Å²) in [6.07, 6.45) is 4.29. The number of ether oxygens (including phenoxy) is 2. The highest BCUT2D eigenvalue weighted by Crippen LogP contribution is 2.51. The number of benzene rings is 1. The van der Waals surface area contributed by atoms with Crippen LogP contribution in [0.1, 0.15) is 82.6 Å². The highest BCUT2D eigenvalue weighted by Gasteiger charge is 2.61. The van der Waals surface area contributed by atoms with Gasteiger partial charge in [0.15, 0.2) is 11.6 Å². The number of nitrogens with zero attached hydrogens (tertiary/aromatic N) is 2. The molecule has 1 amide bonds. The van der Waals surface area contributed by atoms with E-state index >= 15 is 8.78 Å². The number of amides is 1. The summed E-state index contributed by atoms with van der Waals surface area (Å²) in [5.41, 5.74) is 0.245. The highest BCUT2D eigenvalue weighted by molar-refractivity contribution is 5.97. The van der Waals surface area contributed by atoms with E-state index in [-0.39, 0.29) is 42.6 Å². The smallest absolute Gasteiger partial charge is 0.408 e. The van der Waals surface area contributed by atoms with Gasteiger partial charge >= 0.3 is 12.1 Å². The highest BCUT2D eigenvalue weighted by atomic mass is 19.1. The molecule has 0 spiro atoms. The third-order valence-electron chi connectivity index (χ3n) is 10.3. The number of aromatic nitrogens is 1. The van der Waals surface area contributed by atoms with E-state index in [1.165, 1.54) is 6.20 Å². The number of anilines is 1. The van der Waals surface area contributed by atoms with Gasteiger partial charge in [-0.2, -0.15) is 0 Å². The molecule has 5 N–H and O–H groups in total. The minimum Gasteiger partial charge on any atom is -0.487 e. The molecule has 1 aromatic heterocycles. The number of alkyl halides is 2. The Balaban J connectivity index is 0.000000187. The Labute approximate surface area is 264 Å². The van der Waals surface area contributed by atoms with Gasteiger partial charge in [0.05, 0.1) is 34.6 Å². The molecule has 4 heterocycles. The lowest BCUT2D eigenvalue weighted by molar-refractivity contribution is 0.0333. The lowest BCUT2D eigenvalue weighted by Gasteiger charge is -2.34. The lowest BCUT2D eigenvalue weighted by Crippen LogP contribution is -2.59. The average molecular weight is 650 g/mol. The molecule has 4 fully saturated rings. The quantitative estimate of drug-likeness (QED) is 0.388. The van der Waals surface area contributed by atoms with E-state index in [4.69, 9.17) is 15.2 Å². The van der Waals surface area contributed by atoms with Crippen LogP contribution in [0.15, 0.2) is 17.1 Å². The molecule has 46 heavy (non-hydrogen) atoms. The number of halogens is 3. The second kappa shape index (κ2) is 10.8. The van der Waals surface area contributed by atoms with Gasteiger partial charge in [0.1, 0.15) is 34.8 Å². The largest absolute Gasteiger partial charge is 0.487 e. The number of hydrogen-bond donors (Lipinski definition) is 4. The number of carboxylic acids is 1. The van der Waals surface area contributed by atoms with Crippen molar-refractivity contribution in [3.8, 4) is 5.75 Å². The number of nitrogens with one attached hydrogen (secondary N) is 2. The molecule has 0 radical (unpaired) electrons. The van der Waals surface area contributed by atoms with Crippen molar-refractivity contribution in [2.75, 3.05) is 37.7 Å². The summed E-state index contributed by atoms with van der Waals surface area (Å²) in [5, 5.41) is 15.1. The number of hydrogen-bond acceptors (Lipinski definition) is 8. The Kier molecular flexibility index (Phi) is 7.58. The van der Waals surface area contributed by atoms with Gasteiger partial charge in [0, 0.05) is 25.8 Å². The molecule has 5 atom stereocenters. The van der Waals surface area contributed by atoms with Gasteiger partial charge in [0.2, 0.25) is 5.43 Å². The van der Waals surface area contributed by atoms with Crippen LogP contribution in [-0.4, -0.2) is 82.5 Å². The molecule has 2 aliphatic carbocycles. The summed E-state index contributed by atoms with van der Waals surface area (Å²) in [5.74, 6) is -1.98. The van der Waals surface area contributed by atoms with Crippen LogP contribution >= 0.6 is 0 Å². The van der Waals surface area contributed by atoms with Crippen LogP contribution in [0.5, 0.6) is 5.75 Å². The van der Waals surface area contributed by atoms with E-state index in [1.807, 2.05) is 6.92 Å². The standard InChI is InChI=1S/C20H21F2N3O4.C12H21FN2O2/c1-10-7-29-17-14-11(16(26)12(18(27)28)6-25(10)14)5-13(21)15(17)24-8-19(22)3-2-4-20(19,23)9-24;1-10(2,3)17-9(16)15-12-6-4-5-11(12,13)7-14-8-12/h5-6,10H,2-4,7-9,23H2,1H3,(H,27,28);14H,4-8H2,1-3H3,(H,15,16)/t10-,19-,20+;11-,12+/m00/s1. The maximum absolute atomic E-state index is 15.4. The minimum atomic E-state index is -1.60. The summed E-state index contributed by atoms with van der Waals surface area (Å²) in [6, 6.07) is 0.775. The molecule has 1 aromatic carbocycles. The number of aromatic carboxylic acids is 1. The van der Waals surface area contributed by atoms with Gasteiger partial charge in [-0.1, -0.05) is 0 Å². The van der Waals surface area contributed by atoms with E-state index in [9.17, 15) is 23.9 Å². The van der Waals surface area contributed by atoms with Gasteiger partial charge < -0.3 is 40.4 Å². The third kappa shape index (κ3) is 5.08.